The Labute approximate surface area is 157 Å². The second kappa shape index (κ2) is 6.76. The summed E-state index contributed by atoms with van der Waals surface area (Å²) >= 11 is 0. The smallest absolute Gasteiger partial charge is 0.324 e. The SMILES string of the molecule is O=[N+]([O-])c1c(Nc2ccccc2O)cc(Nc2ccccc2O)c2nonc12. The van der Waals surface area contributed by atoms with Crippen LogP contribution in [0.2, 0.25) is 0 Å². The van der Waals surface area contributed by atoms with E-state index in [0.29, 0.717) is 11.4 Å². The zero-order valence-electron chi connectivity index (χ0n) is 14.2. The average Bonchev–Trinajstić information content (AvgIpc) is 3.15. The predicted molar refractivity (Wildman–Crippen MR) is 101 cm³/mol. The van der Waals surface area contributed by atoms with Gasteiger partial charge in [-0.1, -0.05) is 24.3 Å². The number of nitro benzene ring substituents is 1. The zero-order valence-corrected chi connectivity index (χ0v) is 14.2. The molecule has 0 aliphatic rings. The standard InChI is InChI=1S/C18H13N5O5/c24-14-7-3-1-5-10(14)19-12-9-13(20-11-6-2-4-8-15(11)25)18(23(26)27)17-16(12)21-28-22-17/h1-9,19-20,24-25H. The number of hydrogen-bond acceptors (Lipinski definition) is 9. The molecule has 0 aliphatic heterocycles. The summed E-state index contributed by atoms with van der Waals surface area (Å²) in [4.78, 5) is 11.1. The van der Waals surface area contributed by atoms with E-state index in [1.165, 1.54) is 18.2 Å². The molecule has 0 amide bonds. The van der Waals surface area contributed by atoms with Crippen LogP contribution in [0, 0.1) is 10.1 Å². The summed E-state index contributed by atoms with van der Waals surface area (Å²) < 4.78 is 4.71. The number of nitrogens with one attached hydrogen (secondary N) is 2. The molecule has 0 spiro atoms. The molecule has 4 aromatic rings. The highest BCUT2D eigenvalue weighted by atomic mass is 16.6. The van der Waals surface area contributed by atoms with Crippen LogP contribution >= 0.6 is 0 Å². The third kappa shape index (κ3) is 2.98. The largest absolute Gasteiger partial charge is 0.506 e. The van der Waals surface area contributed by atoms with Gasteiger partial charge in [-0.3, -0.25) is 10.1 Å². The van der Waals surface area contributed by atoms with Gasteiger partial charge in [0.1, 0.15) is 17.2 Å². The average molecular weight is 379 g/mol. The van der Waals surface area contributed by atoms with Crippen molar-refractivity contribution in [2.45, 2.75) is 0 Å². The summed E-state index contributed by atoms with van der Waals surface area (Å²) in [6.07, 6.45) is 0. The van der Waals surface area contributed by atoms with Crippen molar-refractivity contribution in [2.75, 3.05) is 10.6 Å². The number of fused-ring (bicyclic) bond motifs is 1. The van der Waals surface area contributed by atoms with Gasteiger partial charge in [-0.15, -0.1) is 0 Å². The quantitative estimate of drug-likeness (QED) is 0.229. The van der Waals surface area contributed by atoms with E-state index in [1.807, 2.05) is 0 Å². The van der Waals surface area contributed by atoms with Crippen molar-refractivity contribution in [3.8, 4) is 11.5 Å². The molecule has 4 rings (SSSR count). The maximum Gasteiger partial charge on any atom is 0.324 e. The molecule has 140 valence electrons. The van der Waals surface area contributed by atoms with Crippen molar-refractivity contribution in [3.63, 3.8) is 0 Å². The number of nitro groups is 1. The molecule has 0 atom stereocenters. The second-order valence-corrected chi connectivity index (χ2v) is 5.82. The minimum atomic E-state index is -0.612. The third-order valence-electron chi connectivity index (χ3n) is 4.04. The van der Waals surface area contributed by atoms with Gasteiger partial charge in [0.25, 0.3) is 0 Å². The van der Waals surface area contributed by atoms with Crippen LogP contribution in [-0.2, 0) is 0 Å². The fourth-order valence-corrected chi connectivity index (χ4v) is 2.75. The molecule has 0 radical (unpaired) electrons. The summed E-state index contributed by atoms with van der Waals surface area (Å²) in [5.74, 6) is -0.0916. The molecule has 0 fully saturated rings. The van der Waals surface area contributed by atoms with Crippen molar-refractivity contribution < 1.29 is 19.8 Å². The minimum absolute atomic E-state index is 0.0133. The molecule has 4 N–H and O–H groups in total. The van der Waals surface area contributed by atoms with Crippen LogP contribution in [0.3, 0.4) is 0 Å². The van der Waals surface area contributed by atoms with Crippen LogP contribution in [0.4, 0.5) is 28.4 Å². The van der Waals surface area contributed by atoms with Crippen LogP contribution in [-0.4, -0.2) is 25.4 Å². The Morgan fingerprint density at radius 1 is 0.821 bits per heavy atom. The van der Waals surface area contributed by atoms with Gasteiger partial charge in [-0.25, -0.2) is 4.63 Å². The Balaban J connectivity index is 1.88. The Kier molecular flexibility index (Phi) is 4.13. The van der Waals surface area contributed by atoms with Gasteiger partial charge in [0.15, 0.2) is 5.52 Å². The van der Waals surface area contributed by atoms with Gasteiger partial charge < -0.3 is 20.8 Å². The molecule has 10 heteroatoms. The van der Waals surface area contributed by atoms with Crippen molar-refractivity contribution >= 4 is 39.5 Å². The van der Waals surface area contributed by atoms with Crippen molar-refractivity contribution in [1.82, 2.24) is 10.3 Å². The maximum absolute atomic E-state index is 11.7. The number of phenolic OH excluding ortho intramolecular Hbond substituents is 2. The van der Waals surface area contributed by atoms with E-state index in [2.05, 4.69) is 20.9 Å². The summed E-state index contributed by atoms with van der Waals surface area (Å²) in [5, 5.41) is 44.9. The number of aromatic nitrogens is 2. The van der Waals surface area contributed by atoms with Crippen LogP contribution in [0.5, 0.6) is 11.5 Å². The first-order chi connectivity index (χ1) is 13.5. The van der Waals surface area contributed by atoms with Gasteiger partial charge in [0, 0.05) is 0 Å². The summed E-state index contributed by atoms with van der Waals surface area (Å²) in [6, 6.07) is 14.3. The number of nitrogens with zero attached hydrogens (tertiary/aromatic N) is 3. The van der Waals surface area contributed by atoms with Gasteiger partial charge in [0.2, 0.25) is 5.52 Å². The van der Waals surface area contributed by atoms with E-state index in [-0.39, 0.29) is 39.6 Å². The first-order valence-corrected chi connectivity index (χ1v) is 8.08. The molecule has 0 bridgehead atoms. The Bertz CT molecular complexity index is 1190. The zero-order chi connectivity index (χ0) is 19.7. The van der Waals surface area contributed by atoms with E-state index >= 15 is 0 Å². The molecule has 0 saturated heterocycles. The molecule has 10 nitrogen and oxygen atoms in total. The lowest BCUT2D eigenvalue weighted by Gasteiger charge is -2.12. The van der Waals surface area contributed by atoms with E-state index in [1.54, 1.807) is 36.4 Å². The van der Waals surface area contributed by atoms with Gasteiger partial charge in [0.05, 0.1) is 22.0 Å². The number of benzene rings is 3. The fraction of sp³-hybridized carbons (Fsp3) is 0. The molecule has 0 aliphatic carbocycles. The normalized spacial score (nSPS) is 10.7. The summed E-state index contributed by atoms with van der Waals surface area (Å²) in [6.45, 7) is 0. The number of hydrogen-bond donors (Lipinski definition) is 4. The lowest BCUT2D eigenvalue weighted by molar-refractivity contribution is -0.382. The molecule has 0 saturated carbocycles. The van der Waals surface area contributed by atoms with E-state index in [4.69, 9.17) is 4.63 Å². The van der Waals surface area contributed by atoms with Crippen molar-refractivity contribution in [2.24, 2.45) is 0 Å². The molecule has 0 unspecified atom stereocenters. The monoisotopic (exact) mass is 379 g/mol. The number of rotatable bonds is 5. The maximum atomic E-state index is 11.7. The molecule has 3 aromatic carbocycles. The number of para-hydroxylation sites is 4. The van der Waals surface area contributed by atoms with Crippen LogP contribution in [0.15, 0.2) is 59.2 Å². The highest BCUT2D eigenvalue weighted by Gasteiger charge is 2.26. The Hall–Kier alpha value is -4.34. The summed E-state index contributed by atoms with van der Waals surface area (Å²) in [7, 11) is 0. The van der Waals surface area contributed by atoms with Crippen LogP contribution < -0.4 is 10.6 Å². The van der Waals surface area contributed by atoms with Crippen LogP contribution in [0.1, 0.15) is 0 Å². The summed E-state index contributed by atoms with van der Waals surface area (Å²) in [5.41, 5.74) is 0.710. The first kappa shape index (κ1) is 17.1. The third-order valence-corrected chi connectivity index (χ3v) is 4.04. The van der Waals surface area contributed by atoms with Crippen molar-refractivity contribution in [1.29, 1.82) is 0 Å². The second-order valence-electron chi connectivity index (χ2n) is 5.82. The molecule has 1 heterocycles. The lowest BCUT2D eigenvalue weighted by Crippen LogP contribution is -2.01. The number of aromatic hydroxyl groups is 2. The van der Waals surface area contributed by atoms with E-state index < -0.39 is 4.92 Å². The van der Waals surface area contributed by atoms with E-state index in [0.717, 1.165) is 0 Å². The van der Waals surface area contributed by atoms with Gasteiger partial charge in [-0.2, -0.15) is 0 Å². The molecule has 1 aromatic heterocycles. The molecule has 28 heavy (non-hydrogen) atoms. The lowest BCUT2D eigenvalue weighted by atomic mass is 10.1. The number of phenols is 2. The van der Waals surface area contributed by atoms with Gasteiger partial charge in [-0.05, 0) is 40.6 Å². The van der Waals surface area contributed by atoms with Gasteiger partial charge >= 0.3 is 5.69 Å². The van der Waals surface area contributed by atoms with Crippen molar-refractivity contribution in [3.05, 3.63) is 64.7 Å². The first-order valence-electron chi connectivity index (χ1n) is 8.08. The topological polar surface area (TPSA) is 147 Å². The minimum Gasteiger partial charge on any atom is -0.506 e. The van der Waals surface area contributed by atoms with E-state index in [9.17, 15) is 20.3 Å². The highest BCUT2D eigenvalue weighted by Crippen LogP contribution is 2.41. The fourth-order valence-electron chi connectivity index (χ4n) is 2.75. The Morgan fingerprint density at radius 2 is 1.36 bits per heavy atom. The Morgan fingerprint density at radius 3 is 1.93 bits per heavy atom. The molecular formula is C18H13N5O5. The number of anilines is 4. The van der Waals surface area contributed by atoms with Crippen LogP contribution in [0.25, 0.3) is 11.0 Å². The highest BCUT2D eigenvalue weighted by molar-refractivity contribution is 6.01. The molecular weight excluding hydrogens is 366 g/mol. The predicted octanol–water partition coefficient (Wildman–Crippen LogP) is 4.03.